The van der Waals surface area contributed by atoms with Crippen molar-refractivity contribution in [3.63, 3.8) is 0 Å². The molecule has 3 aromatic carbocycles. The second-order valence-electron chi connectivity index (χ2n) is 9.30. The molecule has 0 N–H and O–H groups in total. The van der Waals surface area contributed by atoms with Crippen molar-refractivity contribution >= 4 is 27.3 Å². The molecule has 0 aromatic heterocycles. The average Bonchev–Trinajstić information content (AvgIpc) is 3.34. The predicted octanol–water partition coefficient (Wildman–Crippen LogP) is 3.78. The Bertz CT molecular complexity index is 1360. The van der Waals surface area contributed by atoms with E-state index in [1.165, 1.54) is 21.1 Å². The molecule has 2 aliphatic heterocycles. The number of hydrogen-bond acceptors (Lipinski definition) is 5. The van der Waals surface area contributed by atoms with Crippen molar-refractivity contribution in [2.45, 2.75) is 25.2 Å². The number of benzene rings is 3. The number of nitrogens with zero attached hydrogens (tertiary/aromatic N) is 3. The highest BCUT2D eigenvalue weighted by Crippen LogP contribution is 2.33. The highest BCUT2D eigenvalue weighted by atomic mass is 32.2. The fraction of sp³-hybridized carbons (Fsp3) is 0.321. The van der Waals surface area contributed by atoms with Crippen molar-refractivity contribution in [3.8, 4) is 5.75 Å². The fourth-order valence-electron chi connectivity index (χ4n) is 4.90. The van der Waals surface area contributed by atoms with Crippen LogP contribution < -0.4 is 13.9 Å². The summed E-state index contributed by atoms with van der Waals surface area (Å²) in [6, 6.07) is 20.2. The number of ether oxygens (including phenoxy) is 1. The van der Waals surface area contributed by atoms with Gasteiger partial charge in [0, 0.05) is 38.4 Å². The zero-order chi connectivity index (χ0) is 25.3. The van der Waals surface area contributed by atoms with Crippen molar-refractivity contribution in [1.82, 2.24) is 4.90 Å². The van der Waals surface area contributed by atoms with Crippen LogP contribution in [0.3, 0.4) is 0 Å². The first kappa shape index (κ1) is 24.2. The molecular weight excluding hydrogens is 474 g/mol. The third-order valence-electron chi connectivity index (χ3n) is 7.17. The van der Waals surface area contributed by atoms with Gasteiger partial charge in [-0.1, -0.05) is 30.3 Å². The van der Waals surface area contributed by atoms with Gasteiger partial charge in [0.2, 0.25) is 0 Å². The summed E-state index contributed by atoms with van der Waals surface area (Å²) in [7, 11) is -3.65. The summed E-state index contributed by atoms with van der Waals surface area (Å²) in [6.45, 7) is 7.46. The topological polar surface area (TPSA) is 70.2 Å². The maximum absolute atomic E-state index is 13.2. The van der Waals surface area contributed by atoms with Gasteiger partial charge >= 0.3 is 0 Å². The lowest BCUT2D eigenvalue weighted by atomic mass is 10.1. The monoisotopic (exact) mass is 505 g/mol. The number of carbonyl (C=O) groups excluding carboxylic acids is 1. The van der Waals surface area contributed by atoms with Crippen molar-refractivity contribution in [2.24, 2.45) is 0 Å². The number of para-hydroxylation sites is 1. The lowest BCUT2D eigenvalue weighted by Crippen LogP contribution is -2.50. The van der Waals surface area contributed by atoms with Crippen LogP contribution in [0.25, 0.3) is 0 Å². The number of hydrogen-bond donors (Lipinski definition) is 0. The van der Waals surface area contributed by atoms with E-state index < -0.39 is 10.0 Å². The van der Waals surface area contributed by atoms with Gasteiger partial charge in [0.15, 0.2) is 6.61 Å². The van der Waals surface area contributed by atoms with Gasteiger partial charge in [-0.05, 0) is 73.4 Å². The number of piperazine rings is 1. The molecule has 2 aliphatic rings. The molecule has 0 unspecified atom stereocenters. The van der Waals surface area contributed by atoms with Gasteiger partial charge in [0.05, 0.1) is 10.6 Å². The van der Waals surface area contributed by atoms with E-state index in [0.717, 1.165) is 24.3 Å². The molecule has 0 radical (unpaired) electrons. The summed E-state index contributed by atoms with van der Waals surface area (Å²) in [6.07, 6.45) is 0.706. The van der Waals surface area contributed by atoms with Crippen LogP contribution in [0.4, 0.5) is 11.4 Å². The zero-order valence-corrected chi connectivity index (χ0v) is 21.5. The Morgan fingerprint density at radius 3 is 2.28 bits per heavy atom. The van der Waals surface area contributed by atoms with Crippen LogP contribution in [-0.2, 0) is 21.2 Å². The van der Waals surface area contributed by atoms with Gasteiger partial charge in [-0.15, -0.1) is 0 Å². The summed E-state index contributed by atoms with van der Waals surface area (Å²) >= 11 is 0. The number of amides is 1. The van der Waals surface area contributed by atoms with E-state index in [-0.39, 0.29) is 17.4 Å². The Hall–Kier alpha value is -3.52. The van der Waals surface area contributed by atoms with Gasteiger partial charge < -0.3 is 14.5 Å². The summed E-state index contributed by atoms with van der Waals surface area (Å²) < 4.78 is 33.5. The summed E-state index contributed by atoms with van der Waals surface area (Å²) in [4.78, 5) is 17.1. The molecule has 36 heavy (non-hydrogen) atoms. The van der Waals surface area contributed by atoms with Crippen LogP contribution in [0, 0.1) is 13.8 Å². The van der Waals surface area contributed by atoms with Crippen LogP contribution in [-0.4, -0.2) is 58.6 Å². The van der Waals surface area contributed by atoms with Crippen LogP contribution in [0.15, 0.2) is 71.6 Å². The van der Waals surface area contributed by atoms with E-state index in [1.54, 1.807) is 24.3 Å². The fourth-order valence-corrected chi connectivity index (χ4v) is 6.41. The van der Waals surface area contributed by atoms with Gasteiger partial charge in [-0.25, -0.2) is 8.42 Å². The molecule has 3 aromatic rings. The Kier molecular flexibility index (Phi) is 6.62. The van der Waals surface area contributed by atoms with Crippen LogP contribution >= 0.6 is 0 Å². The largest absolute Gasteiger partial charge is 0.484 e. The Labute approximate surface area is 212 Å². The quantitative estimate of drug-likeness (QED) is 0.510. The minimum absolute atomic E-state index is 0.0685. The molecule has 0 saturated carbocycles. The summed E-state index contributed by atoms with van der Waals surface area (Å²) in [5, 5.41) is 0. The van der Waals surface area contributed by atoms with Crippen LogP contribution in [0.2, 0.25) is 0 Å². The van der Waals surface area contributed by atoms with Gasteiger partial charge in [-0.2, -0.15) is 0 Å². The highest BCUT2D eigenvalue weighted by molar-refractivity contribution is 7.92. The smallest absolute Gasteiger partial charge is 0.264 e. The molecule has 0 aliphatic carbocycles. The molecule has 0 spiro atoms. The molecule has 1 amide bonds. The molecule has 1 saturated heterocycles. The summed E-state index contributed by atoms with van der Waals surface area (Å²) in [5.74, 6) is 0.402. The first-order valence-electron chi connectivity index (χ1n) is 12.3. The third kappa shape index (κ3) is 4.65. The minimum Gasteiger partial charge on any atom is -0.484 e. The first-order valence-corrected chi connectivity index (χ1v) is 13.7. The number of aryl methyl sites for hydroxylation is 1. The number of rotatable bonds is 6. The van der Waals surface area contributed by atoms with E-state index in [1.807, 2.05) is 29.2 Å². The molecule has 8 heteroatoms. The predicted molar refractivity (Wildman–Crippen MR) is 141 cm³/mol. The SMILES string of the molecule is Cc1cccc(N2CCN(C(=O)COc3ccc(S(=O)(=O)N4CCc5ccccc54)cc3)CC2)c1C. The van der Waals surface area contributed by atoms with E-state index in [0.29, 0.717) is 31.8 Å². The second-order valence-corrected chi connectivity index (χ2v) is 11.2. The van der Waals surface area contributed by atoms with Crippen molar-refractivity contribution in [3.05, 3.63) is 83.4 Å². The standard InChI is InChI=1S/C28H31N3O4S/c1-21-6-5-9-26(22(21)2)29-16-18-30(19-17-29)28(32)20-35-24-10-12-25(13-11-24)36(33,34)31-15-14-23-7-3-4-8-27(23)31/h3-13H,14-20H2,1-2H3. The lowest BCUT2D eigenvalue weighted by molar-refractivity contribution is -0.133. The molecule has 2 heterocycles. The van der Waals surface area contributed by atoms with E-state index in [9.17, 15) is 13.2 Å². The molecule has 7 nitrogen and oxygen atoms in total. The van der Waals surface area contributed by atoms with Crippen molar-refractivity contribution in [2.75, 3.05) is 48.5 Å². The molecule has 0 bridgehead atoms. The maximum atomic E-state index is 13.2. The van der Waals surface area contributed by atoms with Crippen LogP contribution in [0.1, 0.15) is 16.7 Å². The van der Waals surface area contributed by atoms with Gasteiger partial charge in [-0.3, -0.25) is 9.10 Å². The number of sulfonamides is 1. The Balaban J connectivity index is 1.16. The van der Waals surface area contributed by atoms with Crippen molar-refractivity contribution < 1.29 is 17.9 Å². The van der Waals surface area contributed by atoms with E-state index >= 15 is 0 Å². The lowest BCUT2D eigenvalue weighted by Gasteiger charge is -2.37. The van der Waals surface area contributed by atoms with Gasteiger partial charge in [0.1, 0.15) is 5.75 Å². The van der Waals surface area contributed by atoms with E-state index in [4.69, 9.17) is 4.74 Å². The minimum atomic E-state index is -3.65. The summed E-state index contributed by atoms with van der Waals surface area (Å²) in [5.41, 5.74) is 5.55. The normalized spacial score (nSPS) is 15.7. The molecule has 188 valence electrons. The van der Waals surface area contributed by atoms with E-state index in [2.05, 4.69) is 36.9 Å². The Morgan fingerprint density at radius 1 is 0.833 bits per heavy atom. The first-order chi connectivity index (χ1) is 17.3. The molecule has 1 fully saturated rings. The van der Waals surface area contributed by atoms with Crippen LogP contribution in [0.5, 0.6) is 5.75 Å². The van der Waals surface area contributed by atoms with Gasteiger partial charge in [0.25, 0.3) is 15.9 Å². The van der Waals surface area contributed by atoms with Crippen molar-refractivity contribution in [1.29, 1.82) is 0 Å². The second kappa shape index (κ2) is 9.85. The average molecular weight is 506 g/mol. The maximum Gasteiger partial charge on any atom is 0.264 e. The molecule has 5 rings (SSSR count). The number of fused-ring (bicyclic) bond motifs is 1. The number of anilines is 2. The molecule has 0 atom stereocenters. The zero-order valence-electron chi connectivity index (χ0n) is 20.7. The number of carbonyl (C=O) groups is 1. The third-order valence-corrected chi connectivity index (χ3v) is 9.00. The highest BCUT2D eigenvalue weighted by Gasteiger charge is 2.30. The Morgan fingerprint density at radius 2 is 1.53 bits per heavy atom. The molecular formula is C28H31N3O4S.